The highest BCUT2D eigenvalue weighted by Gasteiger charge is 2.54. The molecule has 3 unspecified atom stereocenters. The zero-order chi connectivity index (χ0) is 18.9. The largest absolute Gasteiger partial charge is 0.368 e. The smallest absolute Gasteiger partial charge is 0.228 e. The molecule has 4 rings (SSSR count). The maximum absolute atomic E-state index is 12.7. The van der Waals surface area contributed by atoms with E-state index in [1.54, 1.807) is 12.1 Å². The lowest BCUT2D eigenvalue weighted by Gasteiger charge is -2.42. The topological polar surface area (TPSA) is 104 Å². The fourth-order valence-electron chi connectivity index (χ4n) is 4.92. The van der Waals surface area contributed by atoms with Crippen LogP contribution in [-0.2, 0) is 4.79 Å². The molecule has 2 aliphatic heterocycles. The van der Waals surface area contributed by atoms with E-state index in [0.29, 0.717) is 18.5 Å². The lowest BCUT2D eigenvalue weighted by atomic mass is 9.86. The highest BCUT2D eigenvalue weighted by molar-refractivity contribution is 5.82. The zero-order valence-corrected chi connectivity index (χ0v) is 15.2. The number of carbonyl (C=O) groups excluding carboxylic acids is 1. The number of hydrogen-bond acceptors (Lipinski definition) is 6. The van der Waals surface area contributed by atoms with Crippen LogP contribution in [0.15, 0.2) is 24.3 Å². The van der Waals surface area contributed by atoms with Gasteiger partial charge in [0.05, 0.1) is 30.0 Å². The summed E-state index contributed by atoms with van der Waals surface area (Å²) in [6.45, 7) is 0.671. The van der Waals surface area contributed by atoms with Crippen molar-refractivity contribution < 1.29 is 4.79 Å². The van der Waals surface area contributed by atoms with E-state index in [2.05, 4.69) is 33.2 Å². The maximum Gasteiger partial charge on any atom is 0.228 e. The van der Waals surface area contributed by atoms with E-state index >= 15 is 0 Å². The quantitative estimate of drug-likeness (QED) is 0.753. The van der Waals surface area contributed by atoms with Gasteiger partial charge in [0.2, 0.25) is 5.91 Å². The van der Waals surface area contributed by atoms with E-state index in [4.69, 9.17) is 5.26 Å². The van der Waals surface area contributed by atoms with Gasteiger partial charge in [-0.25, -0.2) is 10.4 Å². The molecule has 1 amide bonds. The molecule has 3 N–H and O–H groups in total. The Balaban J connectivity index is 1.61. The number of hydrogen-bond donors (Lipinski definition) is 3. The van der Waals surface area contributed by atoms with Gasteiger partial charge in [0.1, 0.15) is 6.17 Å². The number of nitrogens with one attached hydrogen (secondary N) is 3. The molecule has 140 valence electrons. The van der Waals surface area contributed by atoms with Gasteiger partial charge < -0.3 is 10.6 Å². The third-order valence-corrected chi connectivity index (χ3v) is 6.22. The Labute approximate surface area is 159 Å². The normalized spacial score (nSPS) is 29.4. The monoisotopic (exact) mass is 364 g/mol. The first-order valence-electron chi connectivity index (χ1n) is 9.64. The number of nitriles is 2. The van der Waals surface area contributed by atoms with Crippen molar-refractivity contribution in [3.8, 4) is 12.1 Å². The average Bonchev–Trinajstić information content (AvgIpc) is 3.29. The number of nitrogens with zero attached hydrogens (tertiary/aromatic N) is 3. The molecule has 0 radical (unpaired) electrons. The summed E-state index contributed by atoms with van der Waals surface area (Å²) >= 11 is 0. The van der Waals surface area contributed by atoms with E-state index in [0.717, 1.165) is 37.8 Å². The van der Waals surface area contributed by atoms with E-state index < -0.39 is 0 Å². The second-order valence-corrected chi connectivity index (χ2v) is 7.75. The van der Waals surface area contributed by atoms with Crippen molar-refractivity contribution in [2.75, 3.05) is 11.9 Å². The number of benzene rings is 1. The molecule has 0 bridgehead atoms. The van der Waals surface area contributed by atoms with Gasteiger partial charge in [-0.3, -0.25) is 4.79 Å². The highest BCUT2D eigenvalue weighted by Crippen LogP contribution is 2.43. The SMILES string of the molecule is N#CCC1(N2NC(Nc3ccc(C#N)cc3)C3C(=O)NCCC32)CCCC1. The lowest BCUT2D eigenvalue weighted by molar-refractivity contribution is -0.128. The Morgan fingerprint density at radius 2 is 1.96 bits per heavy atom. The first-order chi connectivity index (χ1) is 13.2. The third-order valence-electron chi connectivity index (χ3n) is 6.22. The third kappa shape index (κ3) is 3.14. The highest BCUT2D eigenvalue weighted by atomic mass is 16.2. The molecule has 7 heteroatoms. The summed E-state index contributed by atoms with van der Waals surface area (Å²) in [4.78, 5) is 12.7. The number of fused-ring (bicyclic) bond motifs is 1. The summed E-state index contributed by atoms with van der Waals surface area (Å²) < 4.78 is 0. The van der Waals surface area contributed by atoms with Crippen molar-refractivity contribution in [1.82, 2.24) is 15.8 Å². The molecular formula is C20H24N6O. The predicted octanol–water partition coefficient (Wildman–Crippen LogP) is 1.85. The summed E-state index contributed by atoms with van der Waals surface area (Å²) in [6, 6.07) is 11.8. The Morgan fingerprint density at radius 3 is 2.63 bits per heavy atom. The fourth-order valence-corrected chi connectivity index (χ4v) is 4.92. The predicted molar refractivity (Wildman–Crippen MR) is 99.9 cm³/mol. The van der Waals surface area contributed by atoms with Crippen LogP contribution in [0, 0.1) is 28.6 Å². The molecule has 1 saturated carbocycles. The van der Waals surface area contributed by atoms with Crippen LogP contribution in [0.2, 0.25) is 0 Å². The summed E-state index contributed by atoms with van der Waals surface area (Å²) in [6.07, 6.45) is 5.34. The number of hydrazine groups is 1. The lowest BCUT2D eigenvalue weighted by Crippen LogP contribution is -2.57. The molecule has 1 aromatic rings. The minimum atomic E-state index is -0.237. The first kappa shape index (κ1) is 17.8. The standard InChI is InChI=1S/C20H24N6O/c21-11-10-20(8-1-2-9-20)26-16-7-12-23-19(27)17(16)18(25-26)24-15-5-3-14(13-22)4-6-15/h3-6,16-18,24-25H,1-2,7-10,12H2,(H,23,27). The van der Waals surface area contributed by atoms with Crippen LogP contribution in [0.4, 0.5) is 5.69 Å². The summed E-state index contributed by atoms with van der Waals surface area (Å²) in [5.41, 5.74) is 4.84. The van der Waals surface area contributed by atoms with Crippen LogP contribution < -0.4 is 16.1 Å². The van der Waals surface area contributed by atoms with Gasteiger partial charge in [-0.15, -0.1) is 0 Å². The van der Waals surface area contributed by atoms with Crippen molar-refractivity contribution in [2.45, 2.75) is 56.3 Å². The summed E-state index contributed by atoms with van der Waals surface area (Å²) in [7, 11) is 0. The first-order valence-corrected chi connectivity index (χ1v) is 9.64. The van der Waals surface area contributed by atoms with Crippen molar-refractivity contribution in [2.24, 2.45) is 5.92 Å². The summed E-state index contributed by atoms with van der Waals surface area (Å²) in [5, 5.41) is 27.1. The van der Waals surface area contributed by atoms with Crippen LogP contribution in [0.3, 0.4) is 0 Å². The number of piperidine rings is 1. The van der Waals surface area contributed by atoms with Gasteiger partial charge in [0.15, 0.2) is 0 Å². The second kappa shape index (κ2) is 7.19. The number of anilines is 1. The Hall–Kier alpha value is -2.61. The molecule has 1 aliphatic carbocycles. The molecule has 2 heterocycles. The zero-order valence-electron chi connectivity index (χ0n) is 15.2. The number of rotatable bonds is 4. The van der Waals surface area contributed by atoms with Gasteiger partial charge in [0, 0.05) is 23.8 Å². The van der Waals surface area contributed by atoms with E-state index in [9.17, 15) is 10.1 Å². The molecule has 2 saturated heterocycles. The van der Waals surface area contributed by atoms with Crippen LogP contribution in [-0.4, -0.2) is 35.2 Å². The van der Waals surface area contributed by atoms with Crippen LogP contribution in [0.5, 0.6) is 0 Å². The molecule has 3 aliphatic rings. The van der Waals surface area contributed by atoms with Crippen molar-refractivity contribution >= 4 is 11.6 Å². The molecular weight excluding hydrogens is 340 g/mol. The maximum atomic E-state index is 12.7. The Bertz CT molecular complexity index is 786. The van der Waals surface area contributed by atoms with E-state index in [1.807, 2.05) is 12.1 Å². The van der Waals surface area contributed by atoms with Crippen molar-refractivity contribution in [3.05, 3.63) is 29.8 Å². The Morgan fingerprint density at radius 1 is 1.22 bits per heavy atom. The Kier molecular flexibility index (Phi) is 4.73. The second-order valence-electron chi connectivity index (χ2n) is 7.75. The molecule has 7 nitrogen and oxygen atoms in total. The molecule has 0 spiro atoms. The van der Waals surface area contributed by atoms with Gasteiger partial charge >= 0.3 is 0 Å². The minimum absolute atomic E-state index is 0.0532. The van der Waals surface area contributed by atoms with Crippen molar-refractivity contribution in [3.63, 3.8) is 0 Å². The van der Waals surface area contributed by atoms with Gasteiger partial charge in [-0.1, -0.05) is 12.8 Å². The van der Waals surface area contributed by atoms with Gasteiger partial charge in [0.25, 0.3) is 0 Å². The molecule has 3 atom stereocenters. The number of amides is 1. The number of carbonyl (C=O) groups is 1. The van der Waals surface area contributed by atoms with E-state index in [-0.39, 0.29) is 29.6 Å². The minimum Gasteiger partial charge on any atom is -0.368 e. The summed E-state index contributed by atoms with van der Waals surface area (Å²) in [5.74, 6) is -0.164. The van der Waals surface area contributed by atoms with Gasteiger partial charge in [-0.2, -0.15) is 10.5 Å². The van der Waals surface area contributed by atoms with Crippen molar-refractivity contribution in [1.29, 1.82) is 10.5 Å². The molecule has 1 aromatic carbocycles. The van der Waals surface area contributed by atoms with Crippen LogP contribution in [0.25, 0.3) is 0 Å². The molecule has 27 heavy (non-hydrogen) atoms. The van der Waals surface area contributed by atoms with Gasteiger partial charge in [-0.05, 0) is 43.5 Å². The average molecular weight is 364 g/mol. The fraction of sp³-hybridized carbons (Fsp3) is 0.550. The van der Waals surface area contributed by atoms with Crippen LogP contribution >= 0.6 is 0 Å². The molecule has 0 aromatic heterocycles. The molecule has 3 fully saturated rings. The van der Waals surface area contributed by atoms with Crippen LogP contribution in [0.1, 0.15) is 44.1 Å². The van der Waals surface area contributed by atoms with E-state index in [1.165, 1.54) is 0 Å².